The van der Waals surface area contributed by atoms with E-state index in [-0.39, 0.29) is 6.04 Å². The van der Waals surface area contributed by atoms with Crippen molar-refractivity contribution in [3.63, 3.8) is 0 Å². The summed E-state index contributed by atoms with van der Waals surface area (Å²) in [5.74, 6) is 0. The van der Waals surface area contributed by atoms with Gasteiger partial charge in [-0.2, -0.15) is 0 Å². The van der Waals surface area contributed by atoms with Crippen LogP contribution >= 0.6 is 34.5 Å². The van der Waals surface area contributed by atoms with E-state index in [1.807, 2.05) is 29.8 Å². The summed E-state index contributed by atoms with van der Waals surface area (Å²) in [6.07, 6.45) is 2.78. The van der Waals surface area contributed by atoms with Crippen LogP contribution in [0.25, 0.3) is 0 Å². The van der Waals surface area contributed by atoms with E-state index in [9.17, 15) is 0 Å². The van der Waals surface area contributed by atoms with E-state index in [2.05, 4.69) is 17.2 Å². The van der Waals surface area contributed by atoms with Crippen LogP contribution in [0.1, 0.15) is 23.5 Å². The third-order valence-electron chi connectivity index (χ3n) is 2.72. The molecule has 0 radical (unpaired) electrons. The lowest BCUT2D eigenvalue weighted by Gasteiger charge is -2.14. The SMILES string of the molecule is CC(NCCc1nccs1)c1ccc(Cl)c(Cl)c1. The lowest BCUT2D eigenvalue weighted by Crippen LogP contribution is -2.21. The first-order valence-corrected chi connectivity index (χ1v) is 7.37. The highest BCUT2D eigenvalue weighted by Gasteiger charge is 2.07. The maximum atomic E-state index is 6.01. The van der Waals surface area contributed by atoms with Gasteiger partial charge in [0.1, 0.15) is 0 Å². The predicted molar refractivity (Wildman–Crippen MR) is 78.7 cm³/mol. The summed E-state index contributed by atoms with van der Waals surface area (Å²) >= 11 is 13.6. The van der Waals surface area contributed by atoms with Crippen LogP contribution in [0.5, 0.6) is 0 Å². The van der Waals surface area contributed by atoms with Crippen molar-refractivity contribution in [2.45, 2.75) is 19.4 Å². The molecule has 0 saturated carbocycles. The van der Waals surface area contributed by atoms with Gasteiger partial charge in [-0.1, -0.05) is 29.3 Å². The molecule has 96 valence electrons. The Morgan fingerprint density at radius 3 is 2.83 bits per heavy atom. The van der Waals surface area contributed by atoms with E-state index in [0.717, 1.165) is 23.5 Å². The summed E-state index contributed by atoms with van der Waals surface area (Å²) in [7, 11) is 0. The summed E-state index contributed by atoms with van der Waals surface area (Å²) in [6.45, 7) is 3.01. The van der Waals surface area contributed by atoms with Crippen LogP contribution in [0.2, 0.25) is 10.0 Å². The highest BCUT2D eigenvalue weighted by molar-refractivity contribution is 7.09. The van der Waals surface area contributed by atoms with Crippen molar-refractivity contribution < 1.29 is 0 Å². The molecule has 1 aromatic carbocycles. The average molecular weight is 301 g/mol. The maximum absolute atomic E-state index is 6.01. The van der Waals surface area contributed by atoms with E-state index in [0.29, 0.717) is 10.0 Å². The lowest BCUT2D eigenvalue weighted by atomic mass is 10.1. The van der Waals surface area contributed by atoms with E-state index in [1.54, 1.807) is 11.3 Å². The molecule has 0 amide bonds. The van der Waals surface area contributed by atoms with Gasteiger partial charge in [0.2, 0.25) is 0 Å². The van der Waals surface area contributed by atoms with Gasteiger partial charge in [-0.25, -0.2) is 4.98 Å². The number of aromatic nitrogens is 1. The predicted octanol–water partition coefficient (Wildman–Crippen LogP) is 4.34. The molecule has 0 aliphatic rings. The highest BCUT2D eigenvalue weighted by Crippen LogP contribution is 2.25. The smallest absolute Gasteiger partial charge is 0.0937 e. The number of nitrogens with one attached hydrogen (secondary N) is 1. The number of hydrogen-bond donors (Lipinski definition) is 1. The minimum Gasteiger partial charge on any atom is -0.310 e. The van der Waals surface area contributed by atoms with Crippen molar-refractivity contribution in [1.82, 2.24) is 10.3 Å². The number of benzene rings is 1. The highest BCUT2D eigenvalue weighted by atomic mass is 35.5. The molecule has 2 nitrogen and oxygen atoms in total. The Kier molecular flexibility index (Phi) is 5.01. The molecule has 0 saturated heterocycles. The van der Waals surface area contributed by atoms with Gasteiger partial charge >= 0.3 is 0 Å². The second-order valence-corrected chi connectivity index (χ2v) is 5.82. The molecule has 1 heterocycles. The Labute approximate surface area is 121 Å². The number of thiazole rings is 1. The van der Waals surface area contributed by atoms with Crippen molar-refractivity contribution in [1.29, 1.82) is 0 Å². The minimum absolute atomic E-state index is 0.250. The van der Waals surface area contributed by atoms with E-state index < -0.39 is 0 Å². The molecule has 1 atom stereocenters. The van der Waals surface area contributed by atoms with Gasteiger partial charge in [-0.05, 0) is 24.6 Å². The normalized spacial score (nSPS) is 12.6. The van der Waals surface area contributed by atoms with Crippen LogP contribution in [0, 0.1) is 0 Å². The van der Waals surface area contributed by atoms with Gasteiger partial charge in [-0.3, -0.25) is 0 Å². The number of nitrogens with zero attached hydrogens (tertiary/aromatic N) is 1. The summed E-state index contributed by atoms with van der Waals surface area (Å²) in [5.41, 5.74) is 1.14. The van der Waals surface area contributed by atoms with Crippen LogP contribution < -0.4 is 5.32 Å². The molecule has 0 spiro atoms. The first kappa shape index (κ1) is 13.8. The minimum atomic E-state index is 0.250. The molecule has 0 aliphatic heterocycles. The second kappa shape index (κ2) is 6.53. The fourth-order valence-corrected chi connectivity index (χ4v) is 2.60. The first-order valence-electron chi connectivity index (χ1n) is 5.73. The molecule has 1 unspecified atom stereocenters. The van der Waals surface area contributed by atoms with E-state index in [1.165, 1.54) is 0 Å². The molecule has 2 rings (SSSR count). The van der Waals surface area contributed by atoms with Gasteiger partial charge in [-0.15, -0.1) is 11.3 Å². The monoisotopic (exact) mass is 300 g/mol. The molecule has 18 heavy (non-hydrogen) atoms. The molecule has 2 aromatic rings. The first-order chi connectivity index (χ1) is 8.66. The molecular formula is C13H14Cl2N2S. The van der Waals surface area contributed by atoms with Gasteiger partial charge in [0.25, 0.3) is 0 Å². The van der Waals surface area contributed by atoms with Crippen molar-refractivity contribution >= 4 is 34.5 Å². The Morgan fingerprint density at radius 2 is 2.17 bits per heavy atom. The molecule has 5 heteroatoms. The van der Waals surface area contributed by atoms with Crippen molar-refractivity contribution in [2.75, 3.05) is 6.54 Å². The second-order valence-electron chi connectivity index (χ2n) is 4.03. The molecule has 1 aromatic heterocycles. The fraction of sp³-hybridized carbons (Fsp3) is 0.308. The Balaban J connectivity index is 1.87. The van der Waals surface area contributed by atoms with Gasteiger partial charge < -0.3 is 5.32 Å². The van der Waals surface area contributed by atoms with Gasteiger partial charge in [0, 0.05) is 30.6 Å². The van der Waals surface area contributed by atoms with Crippen LogP contribution in [-0.4, -0.2) is 11.5 Å². The van der Waals surface area contributed by atoms with Crippen LogP contribution in [0.4, 0.5) is 0 Å². The summed E-state index contributed by atoms with van der Waals surface area (Å²) in [4.78, 5) is 4.25. The van der Waals surface area contributed by atoms with Crippen molar-refractivity contribution in [2.24, 2.45) is 0 Å². The zero-order valence-electron chi connectivity index (χ0n) is 9.99. The fourth-order valence-electron chi connectivity index (χ4n) is 1.67. The van der Waals surface area contributed by atoms with Gasteiger partial charge in [0.05, 0.1) is 15.1 Å². The third-order valence-corrected chi connectivity index (χ3v) is 4.29. The molecule has 0 bridgehead atoms. The quantitative estimate of drug-likeness (QED) is 0.888. The lowest BCUT2D eigenvalue weighted by molar-refractivity contribution is 0.576. The average Bonchev–Trinajstić information content (AvgIpc) is 2.85. The van der Waals surface area contributed by atoms with Gasteiger partial charge in [0.15, 0.2) is 0 Å². The Morgan fingerprint density at radius 1 is 1.33 bits per heavy atom. The molecule has 0 aliphatic carbocycles. The van der Waals surface area contributed by atoms with Crippen molar-refractivity contribution in [3.8, 4) is 0 Å². The number of rotatable bonds is 5. The zero-order valence-corrected chi connectivity index (χ0v) is 12.3. The molecule has 1 N–H and O–H groups in total. The van der Waals surface area contributed by atoms with Crippen molar-refractivity contribution in [3.05, 3.63) is 50.4 Å². The number of halogens is 2. The summed E-state index contributed by atoms with van der Waals surface area (Å²) in [6, 6.07) is 5.98. The van der Waals surface area contributed by atoms with Crippen LogP contribution in [0.15, 0.2) is 29.8 Å². The number of hydrogen-bond acceptors (Lipinski definition) is 3. The van der Waals surface area contributed by atoms with E-state index in [4.69, 9.17) is 23.2 Å². The summed E-state index contributed by atoms with van der Waals surface area (Å²) in [5, 5.41) is 7.80. The topological polar surface area (TPSA) is 24.9 Å². The largest absolute Gasteiger partial charge is 0.310 e. The molecular weight excluding hydrogens is 287 g/mol. The maximum Gasteiger partial charge on any atom is 0.0937 e. The molecule has 0 fully saturated rings. The van der Waals surface area contributed by atoms with E-state index >= 15 is 0 Å². The Hall–Kier alpha value is -0.610. The third kappa shape index (κ3) is 3.69. The van der Waals surface area contributed by atoms with Crippen LogP contribution in [-0.2, 0) is 6.42 Å². The zero-order chi connectivity index (χ0) is 13.0. The Bertz CT molecular complexity index is 500. The standard InChI is InChI=1S/C13H14Cl2N2S/c1-9(10-2-3-11(14)12(15)8-10)16-5-4-13-17-6-7-18-13/h2-3,6-9,16H,4-5H2,1H3. The van der Waals surface area contributed by atoms with Crippen LogP contribution in [0.3, 0.4) is 0 Å². The summed E-state index contributed by atoms with van der Waals surface area (Å²) < 4.78 is 0.